The second-order valence-electron chi connectivity index (χ2n) is 19.0. The molecule has 448 valence electrons. The summed E-state index contributed by atoms with van der Waals surface area (Å²) >= 11 is 0. The summed E-state index contributed by atoms with van der Waals surface area (Å²) < 4.78 is 68.6. The molecule has 0 spiro atoms. The molecule has 15 atom stereocenters. The fourth-order valence-corrected chi connectivity index (χ4v) is 9.35. The van der Waals surface area contributed by atoms with Crippen LogP contribution in [0, 0.1) is 0 Å². The molecule has 4 heterocycles. The Bertz CT molecular complexity index is 3130. The maximum absolute atomic E-state index is 13.6. The van der Waals surface area contributed by atoms with E-state index in [2.05, 4.69) is 0 Å². The van der Waals surface area contributed by atoms with Gasteiger partial charge in [-0.1, -0.05) is 0 Å². The van der Waals surface area contributed by atoms with Crippen molar-refractivity contribution in [2.45, 2.75) is 91.9 Å². The molecule has 3 aliphatic rings. The van der Waals surface area contributed by atoms with Gasteiger partial charge in [-0.25, -0.2) is 14.0 Å². The molecule has 28 heteroatoms. The van der Waals surface area contributed by atoms with Crippen molar-refractivity contribution in [2.75, 3.05) is 48.3 Å². The molecule has 1 aromatic heterocycles. The zero-order chi connectivity index (χ0) is 60.1. The normalized spacial score (nSPS) is 28.2. The zero-order valence-corrected chi connectivity index (χ0v) is 44.3. The summed E-state index contributed by atoms with van der Waals surface area (Å²) in [7, 11) is 5.13. The van der Waals surface area contributed by atoms with Crippen LogP contribution in [-0.2, 0) is 38.0 Å². The summed E-state index contributed by atoms with van der Waals surface area (Å²) in [5, 5.41) is 152. The largest absolute Gasteiger partial charge is 0.507 e. The summed E-state index contributed by atoms with van der Waals surface area (Å²) in [5.41, 5.74) is -0.00877. The van der Waals surface area contributed by atoms with Crippen molar-refractivity contribution in [3.63, 3.8) is 0 Å². The third-order valence-corrected chi connectivity index (χ3v) is 13.8. The van der Waals surface area contributed by atoms with Crippen molar-refractivity contribution in [1.82, 2.24) is 0 Å². The van der Waals surface area contributed by atoms with Gasteiger partial charge in [0, 0.05) is 24.3 Å². The Morgan fingerprint density at radius 2 is 1.08 bits per heavy atom. The SMILES string of the molecule is COc1cc(C=CC(=O)OC[C@H]2O[C@@H](c3cc4c(O[C@@H]5O[C@H](CO)[C@@H](O)[C@H](O)[C@H]5O)cc(O)cc4[o+]c3-c3ccc(O)c(O)c3)[C@H](O[C@@H]3O[C@H](CO)[C@@H](O)[C@H](O)[C@H]3OC(=O)C=Cc3cc(OC)c(O)c(OC)c3)[C@@H](O)[C@@H]2O)cc(OC)c1O. The van der Waals surface area contributed by atoms with Crippen LogP contribution in [0.1, 0.15) is 22.8 Å². The minimum Gasteiger partial charge on any atom is -0.507 e. The third kappa shape index (κ3) is 13.0. The average molecular weight is 1170 g/mol. The third-order valence-electron chi connectivity index (χ3n) is 13.8. The van der Waals surface area contributed by atoms with E-state index in [0.29, 0.717) is 5.56 Å². The highest BCUT2D eigenvalue weighted by Crippen LogP contribution is 2.47. The van der Waals surface area contributed by atoms with Crippen molar-refractivity contribution in [3.8, 4) is 68.8 Å². The Morgan fingerprint density at radius 1 is 0.554 bits per heavy atom. The first-order valence-electron chi connectivity index (χ1n) is 25.2. The molecule has 14 N–H and O–H groups in total. The minimum atomic E-state index is -2.21. The smallest absolute Gasteiger partial charge is 0.368 e. The van der Waals surface area contributed by atoms with Gasteiger partial charge in [-0.3, -0.25) is 0 Å². The van der Waals surface area contributed by atoms with Crippen molar-refractivity contribution in [2.24, 2.45) is 0 Å². The summed E-state index contributed by atoms with van der Waals surface area (Å²) in [6.45, 7) is -2.66. The number of aromatic hydroxyl groups is 5. The number of carbonyl (C=O) groups is 2. The lowest BCUT2D eigenvalue weighted by Gasteiger charge is -2.46. The van der Waals surface area contributed by atoms with E-state index in [1.54, 1.807) is 0 Å². The van der Waals surface area contributed by atoms with E-state index in [-0.39, 0.29) is 73.7 Å². The molecule has 3 saturated heterocycles. The number of ether oxygens (including phenoxy) is 11. The molecule has 0 unspecified atom stereocenters. The maximum Gasteiger partial charge on any atom is 0.368 e. The van der Waals surface area contributed by atoms with E-state index < -0.39 is 141 Å². The molecule has 83 heavy (non-hydrogen) atoms. The predicted molar refractivity (Wildman–Crippen MR) is 279 cm³/mol. The Labute approximate surface area is 470 Å². The summed E-state index contributed by atoms with van der Waals surface area (Å²) in [5.74, 6) is -5.47. The standard InChI is InChI=1S/C55H60O28/c1-72-32-11-22(12-33(73-2)41(32)63)5-9-39(61)76-21-38-45(67)47(69)52(83-55-53(48(70)44(66)37(20-57)81-55)82-40(62)10-6-23-13-34(74-3)42(64)35(14-23)75-4)51(78-38)27-18-26-30(77-50(27)24-7-8-28(59)29(60)15-24)16-25(58)17-31(26)79-54-49(71)46(68)43(65)36(19-56)80-54/h5-18,36-38,43-49,51-57,65-71H,19-21H2,1-4H3,(H4-,58,59,60,61,62,63,64)/p+1/t36-,37-,38-,43-,44-,45-,46+,47+,48+,49-,51+,52-,53-,54-,55+/m1/s1. The molecule has 0 aliphatic carbocycles. The van der Waals surface area contributed by atoms with Gasteiger partial charge in [-0.15, -0.1) is 0 Å². The van der Waals surface area contributed by atoms with Gasteiger partial charge >= 0.3 is 23.3 Å². The molecular formula is C55H61O28+. The van der Waals surface area contributed by atoms with Crippen LogP contribution < -0.4 is 23.7 Å². The highest BCUT2D eigenvalue weighted by molar-refractivity contribution is 5.89. The van der Waals surface area contributed by atoms with Crippen LogP contribution in [0.25, 0.3) is 34.4 Å². The van der Waals surface area contributed by atoms with Gasteiger partial charge in [0.2, 0.25) is 17.8 Å². The number of esters is 2. The van der Waals surface area contributed by atoms with E-state index >= 15 is 0 Å². The number of aliphatic hydroxyl groups excluding tert-OH is 9. The molecule has 0 amide bonds. The van der Waals surface area contributed by atoms with E-state index in [0.717, 1.165) is 36.4 Å². The van der Waals surface area contributed by atoms with E-state index in [4.69, 9.17) is 56.5 Å². The first-order chi connectivity index (χ1) is 39.6. The van der Waals surface area contributed by atoms with Gasteiger partial charge in [-0.05, 0) is 65.7 Å². The maximum atomic E-state index is 13.6. The van der Waals surface area contributed by atoms with Gasteiger partial charge in [-0.2, -0.15) is 0 Å². The molecule has 0 radical (unpaired) electrons. The fourth-order valence-electron chi connectivity index (χ4n) is 9.35. The Balaban J connectivity index is 1.22. The second kappa shape index (κ2) is 26.2. The van der Waals surface area contributed by atoms with Crippen molar-refractivity contribution >= 4 is 35.1 Å². The van der Waals surface area contributed by atoms with Crippen LogP contribution >= 0.6 is 0 Å². The molecule has 0 saturated carbocycles. The quantitative estimate of drug-likeness (QED) is 0.0224. The van der Waals surface area contributed by atoms with Gasteiger partial charge in [0.15, 0.2) is 46.9 Å². The summed E-state index contributed by atoms with van der Waals surface area (Å²) in [6, 6.07) is 12.2. The van der Waals surface area contributed by atoms with E-state index in [1.165, 1.54) is 77.0 Å². The monoisotopic (exact) mass is 1170 g/mol. The number of phenolic OH excluding ortho intramolecular Hbond substituents is 5. The predicted octanol–water partition coefficient (Wildman–Crippen LogP) is -0.0103. The zero-order valence-electron chi connectivity index (χ0n) is 44.3. The lowest BCUT2D eigenvalue weighted by Crippen LogP contribution is -2.63. The molecule has 0 bridgehead atoms. The molecular weight excluding hydrogens is 1110 g/mol. The molecule has 3 fully saturated rings. The topological polar surface area (TPSA) is 430 Å². The lowest BCUT2D eigenvalue weighted by molar-refractivity contribution is -0.343. The van der Waals surface area contributed by atoms with Gasteiger partial charge < -0.3 is 124 Å². The summed E-state index contributed by atoms with van der Waals surface area (Å²) in [6.07, 6.45) is -24.6. The number of hydrogen-bond donors (Lipinski definition) is 14. The summed E-state index contributed by atoms with van der Waals surface area (Å²) in [4.78, 5) is 27.0. The number of phenols is 5. The van der Waals surface area contributed by atoms with Gasteiger partial charge in [0.25, 0.3) is 0 Å². The molecule has 8 rings (SSSR count). The number of fused-ring (bicyclic) bond motifs is 1. The molecule has 5 aromatic rings. The van der Waals surface area contributed by atoms with Crippen molar-refractivity contribution in [3.05, 3.63) is 89.5 Å². The molecule has 4 aromatic carbocycles. The van der Waals surface area contributed by atoms with Gasteiger partial charge in [0.05, 0.1) is 58.8 Å². The number of methoxy groups -OCH3 is 4. The number of benzene rings is 4. The van der Waals surface area contributed by atoms with Crippen LogP contribution in [0.2, 0.25) is 0 Å². The van der Waals surface area contributed by atoms with Crippen molar-refractivity contribution in [1.29, 1.82) is 0 Å². The molecule has 28 nitrogen and oxygen atoms in total. The Kier molecular flexibility index (Phi) is 19.3. The number of rotatable bonds is 19. The fraction of sp³-hybridized carbons (Fsp3) is 0.400. The average Bonchev–Trinajstić information content (AvgIpc) is 2.46. The van der Waals surface area contributed by atoms with E-state index in [1.807, 2.05) is 0 Å². The Hall–Kier alpha value is -7.81. The first-order valence-corrected chi connectivity index (χ1v) is 25.2. The van der Waals surface area contributed by atoms with Crippen LogP contribution in [0.15, 0.2) is 77.2 Å². The molecule has 3 aliphatic heterocycles. The van der Waals surface area contributed by atoms with Crippen molar-refractivity contribution < 1.29 is 138 Å². The van der Waals surface area contributed by atoms with Gasteiger partial charge in [0.1, 0.15) is 96.7 Å². The van der Waals surface area contributed by atoms with E-state index in [9.17, 15) is 81.1 Å². The lowest BCUT2D eigenvalue weighted by atomic mass is 9.88. The second-order valence-corrected chi connectivity index (χ2v) is 19.0. The highest BCUT2D eigenvalue weighted by Gasteiger charge is 2.54. The number of hydrogen-bond acceptors (Lipinski definition) is 27. The van der Waals surface area contributed by atoms with Crippen LogP contribution in [0.3, 0.4) is 0 Å². The van der Waals surface area contributed by atoms with Crippen LogP contribution in [0.5, 0.6) is 57.5 Å². The minimum absolute atomic E-state index is 0.00505. The number of aliphatic hydroxyl groups is 9. The highest BCUT2D eigenvalue weighted by atomic mass is 16.7. The first kappa shape index (κ1) is 61.3. The number of carbonyl (C=O) groups excluding carboxylic acids is 2. The van der Waals surface area contributed by atoms with Crippen LogP contribution in [0.4, 0.5) is 0 Å². The Morgan fingerprint density at radius 3 is 1.64 bits per heavy atom. The van der Waals surface area contributed by atoms with Crippen LogP contribution in [-0.4, -0.2) is 218 Å².